The van der Waals surface area contributed by atoms with E-state index >= 15 is 0 Å². The number of nitrogens with zero attached hydrogens (tertiary/aromatic N) is 1. The zero-order valence-corrected chi connectivity index (χ0v) is 18.5. The lowest BCUT2D eigenvalue weighted by Gasteiger charge is -2.23. The van der Waals surface area contributed by atoms with Crippen molar-refractivity contribution < 1.29 is 19.4 Å². The van der Waals surface area contributed by atoms with E-state index < -0.39 is 11.5 Å². The van der Waals surface area contributed by atoms with Crippen LogP contribution in [-0.4, -0.2) is 29.9 Å². The molecule has 1 N–H and O–H groups in total. The highest BCUT2D eigenvalue weighted by molar-refractivity contribution is 6.31. The number of aliphatic hydroxyl groups is 1. The first-order valence-corrected chi connectivity index (χ1v) is 10.9. The van der Waals surface area contributed by atoms with Crippen LogP contribution in [0.3, 0.4) is 0 Å². The molecule has 3 aromatic rings. The average Bonchev–Trinajstić information content (AvgIpc) is 3.00. The summed E-state index contributed by atoms with van der Waals surface area (Å²) >= 11 is 6.18. The molecule has 1 aliphatic heterocycles. The Morgan fingerprint density at radius 2 is 1.78 bits per heavy atom. The Labute approximate surface area is 192 Å². The van der Waals surface area contributed by atoms with Gasteiger partial charge in [0.1, 0.15) is 5.75 Å². The Morgan fingerprint density at radius 1 is 1.06 bits per heavy atom. The fourth-order valence-corrected chi connectivity index (χ4v) is 4.21. The number of hydrogen-bond acceptors (Lipinski definition) is 4. The van der Waals surface area contributed by atoms with Crippen LogP contribution in [0.15, 0.2) is 72.8 Å². The molecular weight excluding hydrogens is 426 g/mol. The molecule has 0 saturated carbocycles. The van der Waals surface area contributed by atoms with Crippen molar-refractivity contribution in [3.05, 3.63) is 94.5 Å². The standard InChI is InChI=1S/C26H24ClNO4/c1-2-32-21-11-8-19(9-12-21)24(29)17-26(31)22-16-20(27)10-13-23(22)28(25(26)30)15-14-18-6-4-3-5-7-18/h3-13,16,31H,2,14-15,17H2,1H3/t26-/m1/s1. The molecule has 0 aliphatic carbocycles. The van der Waals surface area contributed by atoms with Crippen LogP contribution in [0.2, 0.25) is 5.02 Å². The van der Waals surface area contributed by atoms with Crippen molar-refractivity contribution in [2.24, 2.45) is 0 Å². The summed E-state index contributed by atoms with van der Waals surface area (Å²) in [6, 6.07) is 21.5. The number of Topliss-reactive ketones (excluding diaryl/α,β-unsaturated/α-hetero) is 1. The number of carbonyl (C=O) groups is 2. The Hall–Kier alpha value is -3.15. The van der Waals surface area contributed by atoms with E-state index in [1.165, 1.54) is 0 Å². The third-order valence-electron chi connectivity index (χ3n) is 5.66. The number of ether oxygens (including phenoxy) is 1. The molecule has 32 heavy (non-hydrogen) atoms. The number of halogens is 1. The third-order valence-corrected chi connectivity index (χ3v) is 5.90. The van der Waals surface area contributed by atoms with Gasteiger partial charge in [-0.3, -0.25) is 9.59 Å². The quantitative estimate of drug-likeness (QED) is 0.502. The van der Waals surface area contributed by atoms with Crippen molar-refractivity contribution in [2.75, 3.05) is 18.1 Å². The van der Waals surface area contributed by atoms with Gasteiger partial charge < -0.3 is 14.7 Å². The molecule has 0 aromatic heterocycles. The zero-order valence-electron chi connectivity index (χ0n) is 17.8. The minimum Gasteiger partial charge on any atom is -0.494 e. The van der Waals surface area contributed by atoms with Gasteiger partial charge in [-0.05, 0) is 61.4 Å². The van der Waals surface area contributed by atoms with Gasteiger partial charge in [0.2, 0.25) is 0 Å². The van der Waals surface area contributed by atoms with Gasteiger partial charge in [0, 0.05) is 22.7 Å². The van der Waals surface area contributed by atoms with Gasteiger partial charge in [-0.25, -0.2) is 0 Å². The summed E-state index contributed by atoms with van der Waals surface area (Å²) in [5, 5.41) is 11.9. The number of fused-ring (bicyclic) bond motifs is 1. The molecule has 0 radical (unpaired) electrons. The Bertz CT molecular complexity index is 1130. The number of rotatable bonds is 8. The smallest absolute Gasteiger partial charge is 0.264 e. The molecule has 1 atom stereocenters. The summed E-state index contributed by atoms with van der Waals surface area (Å²) < 4.78 is 5.41. The van der Waals surface area contributed by atoms with E-state index in [1.807, 2.05) is 37.3 Å². The summed E-state index contributed by atoms with van der Waals surface area (Å²) in [6.45, 7) is 2.79. The molecule has 0 bridgehead atoms. The minimum absolute atomic E-state index is 0.334. The molecule has 1 heterocycles. The van der Waals surface area contributed by atoms with Crippen LogP contribution in [0, 0.1) is 0 Å². The highest BCUT2D eigenvalue weighted by Crippen LogP contribution is 2.44. The van der Waals surface area contributed by atoms with E-state index in [2.05, 4.69) is 0 Å². The van der Waals surface area contributed by atoms with Gasteiger partial charge in [0.25, 0.3) is 5.91 Å². The molecule has 0 spiro atoms. The van der Waals surface area contributed by atoms with Crippen LogP contribution >= 0.6 is 11.6 Å². The lowest BCUT2D eigenvalue weighted by Crippen LogP contribution is -2.42. The molecule has 164 valence electrons. The maximum Gasteiger partial charge on any atom is 0.264 e. The normalized spacial score (nSPS) is 17.3. The Morgan fingerprint density at radius 3 is 2.47 bits per heavy atom. The van der Waals surface area contributed by atoms with Gasteiger partial charge in [0.05, 0.1) is 18.7 Å². The lowest BCUT2D eigenvalue weighted by molar-refractivity contribution is -0.135. The van der Waals surface area contributed by atoms with Gasteiger partial charge in [-0.2, -0.15) is 0 Å². The van der Waals surface area contributed by atoms with E-state index in [0.717, 1.165) is 5.56 Å². The van der Waals surface area contributed by atoms with Crippen LogP contribution in [0.4, 0.5) is 5.69 Å². The second-order valence-corrected chi connectivity index (χ2v) is 8.21. The molecule has 5 nitrogen and oxygen atoms in total. The number of amides is 1. The van der Waals surface area contributed by atoms with Gasteiger partial charge in [-0.15, -0.1) is 0 Å². The second kappa shape index (κ2) is 9.15. The monoisotopic (exact) mass is 449 g/mol. The highest BCUT2D eigenvalue weighted by atomic mass is 35.5. The SMILES string of the molecule is CCOc1ccc(C(=O)C[C@]2(O)C(=O)N(CCc3ccccc3)c3ccc(Cl)cc32)cc1. The molecular formula is C26H24ClNO4. The van der Waals surface area contributed by atoms with Gasteiger partial charge in [-0.1, -0.05) is 41.9 Å². The van der Waals surface area contributed by atoms with Crippen molar-refractivity contribution in [3.63, 3.8) is 0 Å². The number of ketones is 1. The van der Waals surface area contributed by atoms with Crippen LogP contribution < -0.4 is 9.64 Å². The number of benzene rings is 3. The molecule has 1 aliphatic rings. The topological polar surface area (TPSA) is 66.8 Å². The summed E-state index contributed by atoms with van der Waals surface area (Å²) in [7, 11) is 0. The fourth-order valence-electron chi connectivity index (χ4n) is 4.04. The first kappa shape index (κ1) is 22.1. The number of hydrogen-bond donors (Lipinski definition) is 1. The Kier molecular flexibility index (Phi) is 6.31. The van der Waals surface area contributed by atoms with E-state index in [4.69, 9.17) is 16.3 Å². The lowest BCUT2D eigenvalue weighted by atomic mass is 9.88. The molecule has 6 heteroatoms. The summed E-state index contributed by atoms with van der Waals surface area (Å²) in [5.74, 6) is -0.186. The van der Waals surface area contributed by atoms with Crippen molar-refractivity contribution in [1.82, 2.24) is 0 Å². The zero-order chi connectivity index (χ0) is 22.7. The van der Waals surface area contributed by atoms with Crippen LogP contribution in [0.25, 0.3) is 0 Å². The molecule has 0 fully saturated rings. The summed E-state index contributed by atoms with van der Waals surface area (Å²) in [5.41, 5.74) is 0.462. The van der Waals surface area contributed by atoms with Gasteiger partial charge in [0.15, 0.2) is 11.4 Å². The third kappa shape index (κ3) is 4.27. The highest BCUT2D eigenvalue weighted by Gasteiger charge is 2.50. The second-order valence-electron chi connectivity index (χ2n) is 7.77. The molecule has 0 saturated heterocycles. The van der Waals surface area contributed by atoms with Crippen molar-refractivity contribution in [3.8, 4) is 5.75 Å². The molecule has 0 unspecified atom stereocenters. The minimum atomic E-state index is -1.97. The molecule has 1 amide bonds. The first-order chi connectivity index (χ1) is 15.4. The van der Waals surface area contributed by atoms with E-state index in [1.54, 1.807) is 47.4 Å². The predicted molar refractivity (Wildman–Crippen MR) is 124 cm³/mol. The van der Waals surface area contributed by atoms with Crippen molar-refractivity contribution in [1.29, 1.82) is 0 Å². The molecule has 4 rings (SSSR count). The fraction of sp³-hybridized carbons (Fsp3) is 0.231. The van der Waals surface area contributed by atoms with Crippen molar-refractivity contribution >= 4 is 29.0 Å². The van der Waals surface area contributed by atoms with E-state index in [9.17, 15) is 14.7 Å². The summed E-state index contributed by atoms with van der Waals surface area (Å²) in [6.07, 6.45) is 0.257. The summed E-state index contributed by atoms with van der Waals surface area (Å²) in [4.78, 5) is 27.9. The van der Waals surface area contributed by atoms with E-state index in [0.29, 0.717) is 47.2 Å². The van der Waals surface area contributed by atoms with Crippen LogP contribution in [-0.2, 0) is 16.8 Å². The van der Waals surface area contributed by atoms with Crippen LogP contribution in [0.1, 0.15) is 34.8 Å². The Balaban J connectivity index is 1.60. The van der Waals surface area contributed by atoms with E-state index in [-0.39, 0.29) is 12.2 Å². The van der Waals surface area contributed by atoms with Crippen molar-refractivity contribution in [2.45, 2.75) is 25.4 Å². The predicted octanol–water partition coefficient (Wildman–Crippen LogP) is 4.79. The number of carbonyl (C=O) groups excluding carboxylic acids is 2. The molecule has 3 aromatic carbocycles. The maximum atomic E-state index is 13.4. The largest absolute Gasteiger partial charge is 0.494 e. The van der Waals surface area contributed by atoms with Crippen LogP contribution in [0.5, 0.6) is 5.75 Å². The first-order valence-electron chi connectivity index (χ1n) is 10.6. The average molecular weight is 450 g/mol. The maximum absolute atomic E-state index is 13.4. The van der Waals surface area contributed by atoms with Gasteiger partial charge >= 0.3 is 0 Å². The number of anilines is 1.